The van der Waals surface area contributed by atoms with E-state index in [0.29, 0.717) is 0 Å². The first-order chi connectivity index (χ1) is 3.41. The second-order valence-corrected chi connectivity index (χ2v) is 1.66. The van der Waals surface area contributed by atoms with Crippen molar-refractivity contribution in [2.24, 2.45) is 0 Å². The fourth-order valence-electron chi connectivity index (χ4n) is 0.478. The Labute approximate surface area is 99.1 Å². The maximum atomic E-state index is 9.68. The van der Waals surface area contributed by atoms with Crippen molar-refractivity contribution < 1.29 is 61.7 Å². The second kappa shape index (κ2) is 16.1. The topological polar surface area (TPSA) is 47.1 Å². The molecule has 0 bridgehead atoms. The third-order valence-electron chi connectivity index (χ3n) is 0.926. The minimum Gasteiger partial charge on any atom is -0.870 e. The molecule has 0 aliphatic carbocycles. The van der Waals surface area contributed by atoms with Crippen LogP contribution in [0.4, 0.5) is 0 Å². The fourth-order valence-corrected chi connectivity index (χ4v) is 0.478. The second-order valence-electron chi connectivity index (χ2n) is 1.66. The molecule has 50 valence electrons. The van der Waals surface area contributed by atoms with Crippen LogP contribution in [-0.2, 0) is 4.79 Å². The van der Waals surface area contributed by atoms with Crippen LogP contribution in [-0.4, -0.2) is 11.8 Å². The zero-order valence-corrected chi connectivity index (χ0v) is 9.38. The molecule has 0 amide bonds. The van der Waals surface area contributed by atoms with Crippen molar-refractivity contribution >= 4 is 6.29 Å². The first kappa shape index (κ1) is 16.7. The molecule has 0 spiro atoms. The third-order valence-corrected chi connectivity index (χ3v) is 0.926. The Morgan fingerprint density at radius 3 is 2.22 bits per heavy atom. The molecule has 0 fully saturated rings. The van der Waals surface area contributed by atoms with Gasteiger partial charge in [0.2, 0.25) is 0 Å². The molecule has 0 aliphatic rings. The summed E-state index contributed by atoms with van der Waals surface area (Å²) in [4.78, 5) is 9.68. The third kappa shape index (κ3) is 17.6. The van der Waals surface area contributed by atoms with Crippen molar-refractivity contribution in [1.29, 1.82) is 0 Å². The van der Waals surface area contributed by atoms with Crippen LogP contribution >= 0.6 is 0 Å². The molecular formula is C6H13KO2. The van der Waals surface area contributed by atoms with Gasteiger partial charge in [-0.2, -0.15) is 0 Å². The number of hydrogen-bond acceptors (Lipinski definition) is 2. The van der Waals surface area contributed by atoms with Crippen LogP contribution in [0.25, 0.3) is 0 Å². The fraction of sp³-hybridized carbons (Fsp3) is 0.833. The molecule has 0 aliphatic heterocycles. The summed E-state index contributed by atoms with van der Waals surface area (Å²) >= 11 is 0. The average Bonchev–Trinajstić information content (AvgIpc) is 1.69. The molecule has 2 nitrogen and oxygen atoms in total. The van der Waals surface area contributed by atoms with Gasteiger partial charge in [-0.25, -0.2) is 0 Å². The molecule has 0 aromatic rings. The Kier molecular flexibility index (Phi) is 29.9. The van der Waals surface area contributed by atoms with E-state index >= 15 is 0 Å². The molecule has 0 heterocycles. The van der Waals surface area contributed by atoms with Gasteiger partial charge in [-0.15, -0.1) is 0 Å². The molecule has 0 aromatic carbocycles. The summed E-state index contributed by atoms with van der Waals surface area (Å²) in [6.07, 6.45) is 5.19. The molecule has 0 aromatic heterocycles. The van der Waals surface area contributed by atoms with E-state index in [2.05, 4.69) is 6.92 Å². The van der Waals surface area contributed by atoms with Gasteiger partial charge in [0.05, 0.1) is 0 Å². The summed E-state index contributed by atoms with van der Waals surface area (Å²) in [5.74, 6) is 0. The normalized spacial score (nSPS) is 6.78. The summed E-state index contributed by atoms with van der Waals surface area (Å²) < 4.78 is 0. The van der Waals surface area contributed by atoms with E-state index in [1.807, 2.05) is 0 Å². The monoisotopic (exact) mass is 156 g/mol. The zero-order valence-electron chi connectivity index (χ0n) is 6.26. The molecular weight excluding hydrogens is 143 g/mol. The molecule has 9 heavy (non-hydrogen) atoms. The maximum Gasteiger partial charge on any atom is 1.00 e. The maximum absolute atomic E-state index is 9.68. The first-order valence-electron chi connectivity index (χ1n) is 2.85. The van der Waals surface area contributed by atoms with Crippen molar-refractivity contribution in [3.05, 3.63) is 0 Å². The van der Waals surface area contributed by atoms with Crippen LogP contribution in [0.15, 0.2) is 0 Å². The van der Waals surface area contributed by atoms with Crippen LogP contribution in [0.1, 0.15) is 32.6 Å². The minimum atomic E-state index is 0. The predicted molar refractivity (Wildman–Crippen MR) is 32.1 cm³/mol. The Balaban J connectivity index is -0.000000180. The van der Waals surface area contributed by atoms with Crippen molar-refractivity contribution in [1.82, 2.24) is 0 Å². The number of hydrogen-bond donors (Lipinski definition) is 0. The van der Waals surface area contributed by atoms with E-state index in [1.54, 1.807) is 0 Å². The Morgan fingerprint density at radius 2 is 1.89 bits per heavy atom. The van der Waals surface area contributed by atoms with Gasteiger partial charge in [-0.3, -0.25) is 0 Å². The van der Waals surface area contributed by atoms with Gasteiger partial charge < -0.3 is 10.3 Å². The number of unbranched alkanes of at least 4 members (excludes halogenated alkanes) is 3. The minimum absolute atomic E-state index is 0. The van der Waals surface area contributed by atoms with Gasteiger partial charge in [0.15, 0.2) is 0 Å². The van der Waals surface area contributed by atoms with E-state index in [-0.39, 0.29) is 56.9 Å². The predicted octanol–water partition coefficient (Wildman–Crippen LogP) is -1.41. The number of carbonyl (C=O) groups excluding carboxylic acids is 1. The average molecular weight is 156 g/mol. The van der Waals surface area contributed by atoms with E-state index in [4.69, 9.17) is 0 Å². The summed E-state index contributed by atoms with van der Waals surface area (Å²) in [5, 5.41) is 0. The molecule has 0 atom stereocenters. The van der Waals surface area contributed by atoms with Crippen molar-refractivity contribution in [3.8, 4) is 0 Å². The summed E-state index contributed by atoms with van der Waals surface area (Å²) in [7, 11) is 0. The van der Waals surface area contributed by atoms with Crippen molar-refractivity contribution in [2.45, 2.75) is 32.6 Å². The smallest absolute Gasteiger partial charge is 0.870 e. The van der Waals surface area contributed by atoms with Gasteiger partial charge in [-0.1, -0.05) is 19.8 Å². The van der Waals surface area contributed by atoms with Gasteiger partial charge in [0, 0.05) is 6.42 Å². The van der Waals surface area contributed by atoms with Crippen LogP contribution in [0, 0.1) is 0 Å². The molecule has 1 N–H and O–H groups in total. The zero-order chi connectivity index (χ0) is 5.54. The molecule has 0 saturated heterocycles. The van der Waals surface area contributed by atoms with E-state index in [0.717, 1.165) is 19.1 Å². The number of aldehydes is 1. The molecule has 3 heteroatoms. The molecule has 0 radical (unpaired) electrons. The van der Waals surface area contributed by atoms with Gasteiger partial charge in [0.25, 0.3) is 0 Å². The molecule has 0 unspecified atom stereocenters. The number of rotatable bonds is 4. The number of carbonyl (C=O) groups is 1. The summed E-state index contributed by atoms with van der Waals surface area (Å²) in [6.45, 7) is 2.13. The summed E-state index contributed by atoms with van der Waals surface area (Å²) in [6, 6.07) is 0. The Hall–Kier alpha value is 1.27. The standard InChI is InChI=1S/C6H12O.K.H2O/c1-2-3-4-5-6-7;;/h6H,2-5H2,1H3;;1H2/q;+1;/p-1. The van der Waals surface area contributed by atoms with E-state index in [9.17, 15) is 4.79 Å². The van der Waals surface area contributed by atoms with Crippen LogP contribution in [0.3, 0.4) is 0 Å². The van der Waals surface area contributed by atoms with Crippen molar-refractivity contribution in [3.63, 3.8) is 0 Å². The van der Waals surface area contributed by atoms with E-state index in [1.165, 1.54) is 12.8 Å². The first-order valence-corrected chi connectivity index (χ1v) is 2.85. The Morgan fingerprint density at radius 1 is 1.33 bits per heavy atom. The van der Waals surface area contributed by atoms with Crippen LogP contribution < -0.4 is 51.4 Å². The van der Waals surface area contributed by atoms with Crippen LogP contribution in [0.2, 0.25) is 0 Å². The van der Waals surface area contributed by atoms with Gasteiger partial charge in [-0.05, 0) is 6.42 Å². The van der Waals surface area contributed by atoms with Crippen LogP contribution in [0.5, 0.6) is 0 Å². The van der Waals surface area contributed by atoms with E-state index < -0.39 is 0 Å². The largest absolute Gasteiger partial charge is 1.00 e. The van der Waals surface area contributed by atoms with Gasteiger partial charge in [0.1, 0.15) is 6.29 Å². The molecule has 0 saturated carbocycles. The summed E-state index contributed by atoms with van der Waals surface area (Å²) in [5.41, 5.74) is 0. The molecule has 0 rings (SSSR count). The van der Waals surface area contributed by atoms with Crippen molar-refractivity contribution in [2.75, 3.05) is 0 Å². The Bertz CT molecular complexity index is 48.3. The van der Waals surface area contributed by atoms with Gasteiger partial charge >= 0.3 is 51.4 Å². The SMILES string of the molecule is CCCCCC=O.[K+].[OH-]. The quantitative estimate of drug-likeness (QED) is 0.285.